The minimum atomic E-state index is -0.974. The van der Waals surface area contributed by atoms with Crippen LogP contribution in [0.25, 0.3) is 10.9 Å². The Morgan fingerprint density at radius 3 is 2.41 bits per heavy atom. The molecule has 64 heavy (non-hydrogen) atoms. The van der Waals surface area contributed by atoms with Crippen molar-refractivity contribution in [1.29, 1.82) is 0 Å². The fourth-order valence-electron chi connectivity index (χ4n) is 9.49. The van der Waals surface area contributed by atoms with Crippen LogP contribution < -0.4 is 26.2 Å². The first-order valence-corrected chi connectivity index (χ1v) is 22.4. The van der Waals surface area contributed by atoms with Gasteiger partial charge in [0.05, 0.1) is 36.1 Å². The van der Waals surface area contributed by atoms with E-state index >= 15 is 0 Å². The summed E-state index contributed by atoms with van der Waals surface area (Å²) in [4.78, 5) is 69.2. The van der Waals surface area contributed by atoms with Crippen molar-refractivity contribution in [3.8, 4) is 5.75 Å². The second-order valence-electron chi connectivity index (χ2n) is 17.0. The molecular formula is C49H59N10O5+. The third-order valence-electron chi connectivity index (χ3n) is 12.7. The van der Waals surface area contributed by atoms with Crippen LogP contribution in [0.15, 0.2) is 110 Å². The number of aromatic nitrogens is 2. The molecule has 2 aliphatic heterocycles. The molecule has 0 bridgehead atoms. The highest BCUT2D eigenvalue weighted by Gasteiger charge is 2.44. The van der Waals surface area contributed by atoms with Crippen LogP contribution in [0.2, 0.25) is 0 Å². The Hall–Kier alpha value is -6.71. The largest absolute Gasteiger partial charge is 0.508 e. The Morgan fingerprint density at radius 2 is 1.69 bits per heavy atom. The second-order valence-corrected chi connectivity index (χ2v) is 17.0. The van der Waals surface area contributed by atoms with E-state index < -0.39 is 18.2 Å². The highest BCUT2D eigenvalue weighted by molar-refractivity contribution is 6.13. The first-order chi connectivity index (χ1) is 31.1. The number of pyridine rings is 1. The van der Waals surface area contributed by atoms with Crippen molar-refractivity contribution in [1.82, 2.24) is 34.9 Å². The zero-order valence-corrected chi connectivity index (χ0v) is 36.5. The number of anilines is 2. The van der Waals surface area contributed by atoms with Crippen LogP contribution in [-0.4, -0.2) is 117 Å². The summed E-state index contributed by atoms with van der Waals surface area (Å²) in [6, 6.07) is 24.9. The molecule has 2 atom stereocenters. The number of carbonyl (C=O) groups excluding carboxylic acids is 4. The van der Waals surface area contributed by atoms with Gasteiger partial charge in [0.25, 0.3) is 11.8 Å². The molecular weight excluding hydrogens is 809 g/mol. The van der Waals surface area contributed by atoms with Gasteiger partial charge in [0.2, 0.25) is 5.91 Å². The average molecular weight is 868 g/mol. The molecule has 2 aromatic heterocycles. The van der Waals surface area contributed by atoms with E-state index in [1.165, 1.54) is 30.6 Å². The number of nitrogens with two attached hydrogens (primary N) is 1. The molecule has 1 aliphatic carbocycles. The Kier molecular flexibility index (Phi) is 13.9. The molecule has 3 aliphatic rings. The lowest BCUT2D eigenvalue weighted by Gasteiger charge is -2.46. The lowest BCUT2D eigenvalue weighted by atomic mass is 9.98. The number of piperazine rings is 2. The molecule has 5 aromatic rings. The normalized spacial score (nSPS) is 18.3. The smallest absolute Gasteiger partial charge is 0.316 e. The third-order valence-corrected chi connectivity index (χ3v) is 12.7. The number of fused-ring (bicyclic) bond motifs is 1. The zero-order chi connectivity index (χ0) is 44.6. The van der Waals surface area contributed by atoms with Crippen LogP contribution in [0.4, 0.5) is 16.3 Å². The highest BCUT2D eigenvalue weighted by atomic mass is 16.3. The Bertz CT molecular complexity index is 2430. The molecule has 2 saturated heterocycles. The maximum atomic E-state index is 14.8. The summed E-state index contributed by atoms with van der Waals surface area (Å²) in [5.74, 6) is 0.107. The predicted octanol–water partition coefficient (Wildman–Crippen LogP) is 3.95. The SMILES string of the molecule is C=CC[NH2+]CC(=O)N1C(NC(=O)NCc2ccccc2)CN(Cc2cccc3c(C(=O)Nc4ccc(N5CCN(C6CCCC6)CC5)nc4)cn(C)c23)C(=O)C1Cc1ccc(O)cc1. The summed E-state index contributed by atoms with van der Waals surface area (Å²) < 4.78 is 1.90. The molecule has 15 heteroatoms. The van der Waals surface area contributed by atoms with Gasteiger partial charge in [0.1, 0.15) is 23.8 Å². The number of benzene rings is 3. The van der Waals surface area contributed by atoms with E-state index in [4.69, 9.17) is 4.98 Å². The third kappa shape index (κ3) is 10.2. The van der Waals surface area contributed by atoms with Crippen molar-refractivity contribution >= 4 is 46.2 Å². The Balaban J connectivity index is 1.01. The summed E-state index contributed by atoms with van der Waals surface area (Å²) >= 11 is 0. The number of nitrogens with one attached hydrogen (secondary N) is 3. The maximum Gasteiger partial charge on any atom is 0.316 e. The quantitative estimate of drug-likeness (QED) is 0.0778. The van der Waals surface area contributed by atoms with Crippen molar-refractivity contribution < 1.29 is 29.6 Å². The summed E-state index contributed by atoms with van der Waals surface area (Å²) in [5.41, 5.74) is 4.29. The standard InChI is InChI=1S/C49H58N10O5/c1-3-22-50-30-45(61)59-42(27-34-16-19-39(60)20-17-34)48(63)58(33-44(59)54-49(64)52-28-35-10-5-4-6-11-35)31-36-12-9-15-40-41(32-55(2)46(36)40)47(62)53-37-18-21-43(51-29-37)57-25-23-56(24-26-57)38-13-7-8-14-38/h3-6,9-12,15-21,29,32,38,42,44,50,60H,1,7-8,13-14,22-28,30-31,33H2,2H3,(H,53,62)(H2,52,54,64)/p+1. The van der Waals surface area contributed by atoms with E-state index in [9.17, 15) is 24.3 Å². The number of aromatic hydroxyl groups is 1. The Labute approximate surface area is 374 Å². The van der Waals surface area contributed by atoms with Crippen LogP contribution >= 0.6 is 0 Å². The van der Waals surface area contributed by atoms with Gasteiger partial charge < -0.3 is 45.6 Å². The van der Waals surface area contributed by atoms with Gasteiger partial charge in [-0.2, -0.15) is 0 Å². The fraction of sp³-hybridized carbons (Fsp3) is 0.367. The molecule has 8 rings (SSSR count). The molecule has 6 N–H and O–H groups in total. The van der Waals surface area contributed by atoms with Crippen molar-refractivity contribution in [2.45, 2.75) is 63.4 Å². The summed E-state index contributed by atoms with van der Waals surface area (Å²) in [5, 5.41) is 21.5. The molecule has 15 nitrogen and oxygen atoms in total. The number of aryl methyl sites for hydroxylation is 1. The van der Waals surface area contributed by atoms with Crippen LogP contribution in [-0.2, 0) is 36.1 Å². The fourth-order valence-corrected chi connectivity index (χ4v) is 9.49. The molecule has 1 saturated carbocycles. The number of carbonyl (C=O) groups is 4. The molecule has 334 valence electrons. The number of urea groups is 1. The molecule has 0 radical (unpaired) electrons. The van der Waals surface area contributed by atoms with E-state index in [2.05, 4.69) is 32.3 Å². The molecule has 0 spiro atoms. The highest BCUT2D eigenvalue weighted by Crippen LogP contribution is 2.30. The Morgan fingerprint density at radius 1 is 0.922 bits per heavy atom. The number of hydrogen-bond donors (Lipinski definition) is 5. The summed E-state index contributed by atoms with van der Waals surface area (Å²) in [6.07, 6.45) is 9.75. The van der Waals surface area contributed by atoms with Crippen LogP contribution in [0.5, 0.6) is 5.75 Å². The summed E-state index contributed by atoms with van der Waals surface area (Å²) in [6.45, 7) is 8.69. The number of quaternary nitrogens is 1. The van der Waals surface area contributed by atoms with Crippen molar-refractivity contribution in [3.05, 3.63) is 132 Å². The molecule has 5 amide bonds. The van der Waals surface area contributed by atoms with Crippen molar-refractivity contribution in [2.24, 2.45) is 7.05 Å². The van der Waals surface area contributed by atoms with Crippen LogP contribution in [0.1, 0.15) is 52.7 Å². The van der Waals surface area contributed by atoms with Gasteiger partial charge in [-0.15, -0.1) is 0 Å². The van der Waals surface area contributed by atoms with Crippen molar-refractivity contribution in [2.75, 3.05) is 56.0 Å². The van der Waals surface area contributed by atoms with E-state index in [0.717, 1.165) is 65.6 Å². The topological polar surface area (TPSA) is 172 Å². The van der Waals surface area contributed by atoms with Gasteiger partial charge >= 0.3 is 6.03 Å². The maximum absolute atomic E-state index is 14.8. The summed E-state index contributed by atoms with van der Waals surface area (Å²) in [7, 11) is 1.87. The van der Waals surface area contributed by atoms with Gasteiger partial charge in [-0.05, 0) is 59.9 Å². The number of amides is 5. The van der Waals surface area contributed by atoms with Crippen LogP contribution in [0, 0.1) is 0 Å². The number of para-hydroxylation sites is 1. The lowest BCUT2D eigenvalue weighted by Crippen LogP contribution is -2.87. The first kappa shape index (κ1) is 43.9. The number of phenols is 1. The minimum absolute atomic E-state index is 0.0181. The van der Waals surface area contributed by atoms with E-state index in [0.29, 0.717) is 17.8 Å². The van der Waals surface area contributed by atoms with Gasteiger partial charge in [-0.25, -0.2) is 9.78 Å². The zero-order valence-electron chi connectivity index (χ0n) is 36.5. The molecule has 3 aromatic carbocycles. The lowest BCUT2D eigenvalue weighted by molar-refractivity contribution is -0.635. The van der Waals surface area contributed by atoms with E-state index in [-0.39, 0.29) is 56.1 Å². The van der Waals surface area contributed by atoms with E-state index in [1.807, 2.05) is 72.3 Å². The van der Waals surface area contributed by atoms with Crippen LogP contribution in [0.3, 0.4) is 0 Å². The monoisotopic (exact) mass is 867 g/mol. The minimum Gasteiger partial charge on any atom is -0.508 e. The van der Waals surface area contributed by atoms with Crippen molar-refractivity contribution in [3.63, 3.8) is 0 Å². The number of phenolic OH excluding ortho intramolecular Hbond substituents is 1. The predicted molar refractivity (Wildman–Crippen MR) is 246 cm³/mol. The second kappa shape index (κ2) is 20.2. The molecule has 3 fully saturated rings. The van der Waals surface area contributed by atoms with Gasteiger partial charge in [-0.1, -0.05) is 80.1 Å². The number of rotatable bonds is 15. The number of nitrogens with zero attached hydrogens (tertiary/aromatic N) is 6. The molecule has 2 unspecified atom stereocenters. The average Bonchev–Trinajstić information content (AvgIpc) is 3.98. The molecule has 4 heterocycles. The van der Waals surface area contributed by atoms with Gasteiger partial charge in [0, 0.05) is 70.4 Å². The van der Waals surface area contributed by atoms with Gasteiger partial charge in [-0.3, -0.25) is 19.3 Å². The number of hydrogen-bond acceptors (Lipinski definition) is 8. The van der Waals surface area contributed by atoms with E-state index in [1.54, 1.807) is 53.0 Å². The van der Waals surface area contributed by atoms with Gasteiger partial charge in [0.15, 0.2) is 6.54 Å². The first-order valence-electron chi connectivity index (χ1n) is 22.4.